The Morgan fingerprint density at radius 1 is 0.854 bits per heavy atom. The average Bonchev–Trinajstić information content (AvgIpc) is 3.43. The molecule has 2 aromatic rings. The molecule has 0 fully saturated rings. The molecule has 0 aliphatic heterocycles. The number of fused-ring (bicyclic) bond motifs is 1. The van der Waals surface area contributed by atoms with Crippen molar-refractivity contribution in [3.8, 4) is 0 Å². The predicted molar refractivity (Wildman–Crippen MR) is 181 cm³/mol. The molecule has 1 unspecified atom stereocenters. The van der Waals surface area contributed by atoms with Crippen LogP contribution in [0, 0.1) is 0 Å². The molecule has 0 radical (unpaired) electrons. The molecule has 0 spiro atoms. The van der Waals surface area contributed by atoms with Gasteiger partial charge in [0.1, 0.15) is 11.2 Å². The van der Waals surface area contributed by atoms with E-state index in [1.165, 1.54) is 11.6 Å². The van der Waals surface area contributed by atoms with E-state index in [1.54, 1.807) is 59.7 Å². The molecule has 0 saturated heterocycles. The Balaban J connectivity index is 1.49. The zero-order chi connectivity index (χ0) is 35.5. The zero-order valence-corrected chi connectivity index (χ0v) is 28.5. The summed E-state index contributed by atoms with van der Waals surface area (Å²) in [4.78, 5) is 66.2. The lowest BCUT2D eigenvalue weighted by molar-refractivity contribution is -0.138. The van der Waals surface area contributed by atoms with Crippen molar-refractivity contribution in [3.05, 3.63) is 64.7 Å². The van der Waals surface area contributed by atoms with E-state index in [0.717, 1.165) is 24.8 Å². The highest BCUT2D eigenvalue weighted by molar-refractivity contribution is 6.01. The van der Waals surface area contributed by atoms with Crippen LogP contribution in [0.2, 0.25) is 0 Å². The number of aliphatic carboxylic acids is 1. The Hall–Kier alpha value is -4.94. The summed E-state index contributed by atoms with van der Waals surface area (Å²) in [5.41, 5.74) is 2.25. The van der Waals surface area contributed by atoms with Crippen LogP contribution in [0.3, 0.4) is 0 Å². The standard InChI is InChI=1S/C35H47N5O8/c1-34(2,3)47-32(45)39-31(40-33(46)48-35(4,5)6)36-18-8-7-15-28(41)38-26-14-10-13-25(20-26)29(42)37-21-27(30(43)44)24-17-16-22-11-9-12-23(22)19-24/h10,13-14,16-17,19-20,27H,7-9,11-12,15,18,21H2,1-6H3,(H,37,42)(H,38,41)(H,43,44)(H2,36,39,40,45,46). The van der Waals surface area contributed by atoms with Gasteiger partial charge in [-0.2, -0.15) is 0 Å². The number of benzene rings is 2. The van der Waals surface area contributed by atoms with Crippen molar-refractivity contribution in [2.24, 2.45) is 4.99 Å². The van der Waals surface area contributed by atoms with Crippen LogP contribution in [-0.4, -0.2) is 65.3 Å². The number of amides is 4. The number of carbonyl (C=O) groups excluding carboxylic acids is 4. The maximum Gasteiger partial charge on any atom is 0.414 e. The van der Waals surface area contributed by atoms with Crippen molar-refractivity contribution in [1.82, 2.24) is 16.0 Å². The first-order chi connectivity index (χ1) is 22.5. The number of carboxylic acids is 1. The highest BCUT2D eigenvalue weighted by Gasteiger charge is 2.24. The minimum atomic E-state index is -1.02. The summed E-state index contributed by atoms with van der Waals surface area (Å²) in [6.45, 7) is 10.3. The maximum atomic E-state index is 12.9. The Labute approximate surface area is 281 Å². The zero-order valence-electron chi connectivity index (χ0n) is 28.5. The largest absolute Gasteiger partial charge is 0.481 e. The van der Waals surface area contributed by atoms with E-state index < -0.39 is 41.2 Å². The third-order valence-electron chi connectivity index (χ3n) is 7.02. The molecule has 0 heterocycles. The molecule has 13 nitrogen and oxygen atoms in total. The third kappa shape index (κ3) is 13.0. The molecule has 5 N–H and O–H groups in total. The van der Waals surface area contributed by atoms with Crippen molar-refractivity contribution >= 4 is 41.6 Å². The summed E-state index contributed by atoms with van der Waals surface area (Å²) in [6, 6.07) is 12.1. The van der Waals surface area contributed by atoms with Gasteiger partial charge in [0.15, 0.2) is 0 Å². The van der Waals surface area contributed by atoms with Crippen LogP contribution >= 0.6 is 0 Å². The summed E-state index contributed by atoms with van der Waals surface area (Å²) in [5.74, 6) is -2.77. The normalized spacial score (nSPS) is 13.0. The van der Waals surface area contributed by atoms with Gasteiger partial charge in [-0.1, -0.05) is 24.3 Å². The number of ether oxygens (including phenoxy) is 2. The van der Waals surface area contributed by atoms with E-state index in [1.807, 2.05) is 18.2 Å². The van der Waals surface area contributed by atoms with Gasteiger partial charge in [0, 0.05) is 30.8 Å². The summed E-state index contributed by atoms with van der Waals surface area (Å²) in [6.07, 6.45) is 2.44. The molecule has 1 atom stereocenters. The molecule has 0 aromatic heterocycles. The molecule has 1 aliphatic rings. The van der Waals surface area contributed by atoms with Gasteiger partial charge in [-0.3, -0.25) is 30.0 Å². The van der Waals surface area contributed by atoms with Crippen LogP contribution in [0.15, 0.2) is 47.5 Å². The highest BCUT2D eigenvalue weighted by atomic mass is 16.6. The summed E-state index contributed by atoms with van der Waals surface area (Å²) < 4.78 is 10.5. The second-order valence-electron chi connectivity index (χ2n) is 13.6. The smallest absolute Gasteiger partial charge is 0.414 e. The number of carboxylic acid groups (broad SMARTS) is 1. The molecule has 0 saturated carbocycles. The van der Waals surface area contributed by atoms with Gasteiger partial charge in [0.2, 0.25) is 11.9 Å². The molecule has 2 aromatic carbocycles. The lowest BCUT2D eigenvalue weighted by Gasteiger charge is -2.22. The van der Waals surface area contributed by atoms with Crippen LogP contribution in [0.25, 0.3) is 0 Å². The minimum absolute atomic E-state index is 0.0751. The molecule has 260 valence electrons. The molecule has 48 heavy (non-hydrogen) atoms. The lowest BCUT2D eigenvalue weighted by atomic mass is 9.95. The lowest BCUT2D eigenvalue weighted by Crippen LogP contribution is -2.47. The molecule has 3 rings (SSSR count). The fraction of sp³-hybridized carbons (Fsp3) is 0.486. The molecule has 0 bridgehead atoms. The Morgan fingerprint density at radius 3 is 2.12 bits per heavy atom. The van der Waals surface area contributed by atoms with Crippen LogP contribution in [0.5, 0.6) is 0 Å². The first-order valence-corrected chi connectivity index (χ1v) is 16.1. The van der Waals surface area contributed by atoms with E-state index in [9.17, 15) is 29.1 Å². The number of aliphatic imine (C=N–C) groups is 1. The number of guanidine groups is 1. The number of aryl methyl sites for hydroxylation is 2. The number of alkyl carbamates (subject to hydrolysis) is 2. The van der Waals surface area contributed by atoms with Gasteiger partial charge < -0.3 is 25.2 Å². The monoisotopic (exact) mass is 665 g/mol. The number of anilines is 1. The summed E-state index contributed by atoms with van der Waals surface area (Å²) in [7, 11) is 0. The van der Waals surface area contributed by atoms with Gasteiger partial charge in [0.25, 0.3) is 5.91 Å². The first-order valence-electron chi connectivity index (χ1n) is 16.1. The van der Waals surface area contributed by atoms with E-state index >= 15 is 0 Å². The van der Waals surface area contributed by atoms with Gasteiger partial charge in [-0.15, -0.1) is 0 Å². The number of hydrogen-bond acceptors (Lipinski definition) is 8. The SMILES string of the molecule is CC(C)(C)OC(=O)NC(=NCCCCC(=O)Nc1cccc(C(=O)NCC(C(=O)O)c2ccc3c(c2)CCC3)c1)NC(=O)OC(C)(C)C. The number of nitrogens with one attached hydrogen (secondary N) is 4. The van der Waals surface area contributed by atoms with Gasteiger partial charge >= 0.3 is 18.2 Å². The summed E-state index contributed by atoms with van der Waals surface area (Å²) >= 11 is 0. The van der Waals surface area contributed by atoms with Gasteiger partial charge in [-0.05, 0) is 109 Å². The maximum absolute atomic E-state index is 12.9. The van der Waals surface area contributed by atoms with Crippen molar-refractivity contribution in [1.29, 1.82) is 0 Å². The van der Waals surface area contributed by atoms with Gasteiger partial charge in [0.05, 0.1) is 5.92 Å². The highest BCUT2D eigenvalue weighted by Crippen LogP contribution is 2.26. The number of hydrogen-bond donors (Lipinski definition) is 5. The number of rotatable bonds is 11. The van der Waals surface area contributed by atoms with E-state index in [-0.39, 0.29) is 36.9 Å². The predicted octanol–water partition coefficient (Wildman–Crippen LogP) is 5.29. The Morgan fingerprint density at radius 2 is 1.50 bits per heavy atom. The molecular weight excluding hydrogens is 618 g/mol. The molecule has 13 heteroatoms. The topological polar surface area (TPSA) is 185 Å². The van der Waals surface area contributed by atoms with Crippen LogP contribution in [0.4, 0.5) is 15.3 Å². The molecular formula is C35H47N5O8. The Kier molecular flexibility index (Phi) is 13.1. The van der Waals surface area contributed by atoms with Gasteiger partial charge in [-0.25, -0.2) is 9.59 Å². The average molecular weight is 666 g/mol. The Bertz CT molecular complexity index is 1490. The number of carbonyl (C=O) groups is 5. The quantitative estimate of drug-likeness (QED) is 0.122. The second kappa shape index (κ2) is 16.8. The van der Waals surface area contributed by atoms with E-state index in [4.69, 9.17) is 9.47 Å². The van der Waals surface area contributed by atoms with E-state index in [2.05, 4.69) is 26.3 Å². The number of unbranched alkanes of at least 4 members (excludes halogenated alkanes) is 1. The fourth-order valence-electron chi connectivity index (χ4n) is 4.91. The fourth-order valence-corrected chi connectivity index (χ4v) is 4.91. The minimum Gasteiger partial charge on any atom is -0.481 e. The van der Waals surface area contributed by atoms with Crippen molar-refractivity contribution < 1.29 is 38.6 Å². The van der Waals surface area contributed by atoms with Crippen molar-refractivity contribution in [2.75, 3.05) is 18.4 Å². The number of nitrogens with zero attached hydrogens (tertiary/aromatic N) is 1. The van der Waals surface area contributed by atoms with Crippen LogP contribution in [-0.2, 0) is 31.9 Å². The van der Waals surface area contributed by atoms with Crippen molar-refractivity contribution in [2.45, 2.75) is 97.2 Å². The third-order valence-corrected chi connectivity index (χ3v) is 7.02. The molecule has 4 amide bonds. The van der Waals surface area contributed by atoms with Crippen LogP contribution in [0.1, 0.15) is 100 Å². The van der Waals surface area contributed by atoms with E-state index in [0.29, 0.717) is 24.1 Å². The summed E-state index contributed by atoms with van der Waals surface area (Å²) in [5, 5.41) is 20.1. The first kappa shape index (κ1) is 37.5. The van der Waals surface area contributed by atoms with Crippen molar-refractivity contribution in [3.63, 3.8) is 0 Å². The molecule has 1 aliphatic carbocycles. The second-order valence-corrected chi connectivity index (χ2v) is 13.6. The van der Waals surface area contributed by atoms with Crippen LogP contribution < -0.4 is 21.3 Å².